The number of aryl methyl sites for hydroxylation is 1. The van der Waals surface area contributed by atoms with Crippen molar-refractivity contribution in [1.82, 2.24) is 4.57 Å². The highest BCUT2D eigenvalue weighted by molar-refractivity contribution is 6.50. The van der Waals surface area contributed by atoms with E-state index in [1.807, 2.05) is 24.3 Å². The van der Waals surface area contributed by atoms with Crippen molar-refractivity contribution in [1.29, 1.82) is 0 Å². The molecule has 0 spiro atoms. The molecule has 6 heteroatoms. The van der Waals surface area contributed by atoms with Crippen molar-refractivity contribution >= 4 is 34.6 Å². The van der Waals surface area contributed by atoms with Crippen molar-refractivity contribution in [3.63, 3.8) is 0 Å². The second-order valence-corrected chi connectivity index (χ2v) is 7.09. The number of carbonyl (C=O) groups excluding carboxylic acids is 3. The van der Waals surface area contributed by atoms with Crippen LogP contribution in [0.25, 0.3) is 17.0 Å². The minimum Gasteiger partial charge on any atom is -0.497 e. The van der Waals surface area contributed by atoms with E-state index in [-0.39, 0.29) is 5.57 Å². The Morgan fingerprint density at radius 1 is 0.967 bits per heavy atom. The van der Waals surface area contributed by atoms with Gasteiger partial charge in [-0.2, -0.15) is 0 Å². The lowest BCUT2D eigenvalue weighted by molar-refractivity contribution is -0.137. The predicted molar refractivity (Wildman–Crippen MR) is 113 cm³/mol. The monoisotopic (exact) mass is 403 g/mol. The predicted octanol–water partition coefficient (Wildman–Crippen LogP) is 3.60. The average molecular weight is 403 g/mol. The Bertz CT molecular complexity index is 1180. The molecule has 30 heavy (non-hydrogen) atoms. The molecule has 0 fully saturated rings. The van der Waals surface area contributed by atoms with Crippen LogP contribution in [0.2, 0.25) is 0 Å². The zero-order chi connectivity index (χ0) is 21.3. The van der Waals surface area contributed by atoms with Crippen molar-refractivity contribution in [2.24, 2.45) is 0 Å². The van der Waals surface area contributed by atoms with E-state index in [0.29, 0.717) is 16.8 Å². The average Bonchev–Trinajstić information content (AvgIpc) is 3.37. The number of benzene rings is 2. The number of hydrogen-bond acceptors (Lipinski definition) is 5. The number of carbonyl (C=O) groups is 3. The number of ether oxygens (including phenoxy) is 2. The first kappa shape index (κ1) is 19.6. The maximum atomic E-state index is 13.3. The molecule has 0 radical (unpaired) electrons. The van der Waals surface area contributed by atoms with Gasteiger partial charge in [0.15, 0.2) is 0 Å². The van der Waals surface area contributed by atoms with Crippen molar-refractivity contribution in [2.45, 2.75) is 19.3 Å². The molecule has 3 aromatic rings. The van der Waals surface area contributed by atoms with Crippen LogP contribution in [0.5, 0.6) is 5.75 Å². The van der Waals surface area contributed by atoms with Gasteiger partial charge in [-0.25, -0.2) is 4.79 Å². The Labute approximate surface area is 173 Å². The molecule has 6 nitrogen and oxygen atoms in total. The molecule has 4 rings (SSSR count). The number of Topliss-reactive ketones (excluding diaryl/α,β-unsaturated/α-hetero) is 1. The topological polar surface area (TPSA) is 74.6 Å². The highest BCUT2D eigenvalue weighted by atomic mass is 16.5. The summed E-state index contributed by atoms with van der Waals surface area (Å²) < 4.78 is 11.4. The smallest absolute Gasteiger partial charge is 0.342 e. The zero-order valence-electron chi connectivity index (χ0n) is 16.8. The Morgan fingerprint density at radius 2 is 1.70 bits per heavy atom. The highest BCUT2D eigenvalue weighted by Gasteiger charge is 2.32. The standard InChI is InChI=1S/C24H21NO5/c1-29-16-12-10-15(11-13-16)14-19(24(28)30-2)22(26)23(27)25-20-8-4-3-6-17(20)18-7-5-9-21(18)25/h3-4,6,8,10-14H,5,7,9H2,1-2H3/b19-14-. The van der Waals surface area contributed by atoms with Gasteiger partial charge in [0.05, 0.1) is 19.7 Å². The molecule has 0 aliphatic heterocycles. The van der Waals surface area contributed by atoms with Crippen LogP contribution in [-0.2, 0) is 27.2 Å². The highest BCUT2D eigenvalue weighted by Crippen LogP contribution is 2.33. The number of methoxy groups -OCH3 is 2. The molecule has 0 amide bonds. The Kier molecular flexibility index (Phi) is 5.23. The van der Waals surface area contributed by atoms with E-state index >= 15 is 0 Å². The fourth-order valence-corrected chi connectivity index (χ4v) is 3.98. The lowest BCUT2D eigenvalue weighted by Crippen LogP contribution is -2.28. The number of nitrogens with zero attached hydrogens (tertiary/aromatic N) is 1. The molecule has 0 unspecified atom stereocenters. The molecule has 0 atom stereocenters. The first-order valence-electron chi connectivity index (χ1n) is 9.69. The van der Waals surface area contributed by atoms with Crippen LogP contribution in [0.3, 0.4) is 0 Å². The zero-order valence-corrected chi connectivity index (χ0v) is 16.8. The van der Waals surface area contributed by atoms with Crippen LogP contribution in [-0.4, -0.2) is 36.4 Å². The largest absolute Gasteiger partial charge is 0.497 e. The summed E-state index contributed by atoms with van der Waals surface area (Å²) in [6.45, 7) is 0. The fourth-order valence-electron chi connectivity index (χ4n) is 3.98. The number of rotatable bonds is 5. The second kappa shape index (κ2) is 7.99. The Balaban J connectivity index is 1.77. The first-order valence-corrected chi connectivity index (χ1v) is 9.69. The third-order valence-electron chi connectivity index (χ3n) is 5.40. The normalized spacial score (nSPS) is 13.2. The van der Waals surface area contributed by atoms with Gasteiger partial charge in [0.1, 0.15) is 11.3 Å². The molecular weight excluding hydrogens is 382 g/mol. The van der Waals surface area contributed by atoms with Crippen LogP contribution in [0, 0.1) is 0 Å². The summed E-state index contributed by atoms with van der Waals surface area (Å²) in [7, 11) is 2.73. The van der Waals surface area contributed by atoms with E-state index in [1.165, 1.54) is 17.8 Å². The molecule has 152 valence electrons. The molecule has 0 saturated carbocycles. The van der Waals surface area contributed by atoms with Gasteiger partial charge in [0.2, 0.25) is 0 Å². The summed E-state index contributed by atoms with van der Waals surface area (Å²) in [5.41, 5.74) is 2.92. The minimum absolute atomic E-state index is 0.308. The van der Waals surface area contributed by atoms with Gasteiger partial charge in [0, 0.05) is 11.1 Å². The summed E-state index contributed by atoms with van der Waals surface area (Å²) in [5.74, 6) is -1.85. The third-order valence-corrected chi connectivity index (χ3v) is 5.40. The Hall–Kier alpha value is -3.67. The molecule has 0 bridgehead atoms. The van der Waals surface area contributed by atoms with Crippen LogP contribution in [0.4, 0.5) is 0 Å². The number of aromatic nitrogens is 1. The Morgan fingerprint density at radius 3 is 2.40 bits per heavy atom. The quantitative estimate of drug-likeness (QED) is 0.214. The number of esters is 1. The van der Waals surface area contributed by atoms with Gasteiger partial charge < -0.3 is 9.47 Å². The molecule has 0 saturated heterocycles. The number of fused-ring (bicyclic) bond motifs is 3. The SMILES string of the molecule is COC(=O)/C(=C\c1ccc(OC)cc1)C(=O)C(=O)n1c2c(c3ccccc31)CCC2. The molecule has 1 aromatic heterocycles. The lowest BCUT2D eigenvalue weighted by atomic mass is 10.1. The van der Waals surface area contributed by atoms with E-state index in [0.717, 1.165) is 35.9 Å². The number of hydrogen-bond donors (Lipinski definition) is 0. The van der Waals surface area contributed by atoms with Crippen LogP contribution >= 0.6 is 0 Å². The molecule has 2 aromatic carbocycles. The summed E-state index contributed by atoms with van der Waals surface area (Å²) >= 11 is 0. The lowest BCUT2D eigenvalue weighted by Gasteiger charge is -2.09. The number of ketones is 1. The van der Waals surface area contributed by atoms with Gasteiger partial charge in [-0.05, 0) is 54.7 Å². The van der Waals surface area contributed by atoms with E-state index in [1.54, 1.807) is 31.4 Å². The summed E-state index contributed by atoms with van der Waals surface area (Å²) in [6, 6.07) is 14.3. The summed E-state index contributed by atoms with van der Waals surface area (Å²) in [5, 5.41) is 0.977. The summed E-state index contributed by atoms with van der Waals surface area (Å²) in [6.07, 6.45) is 3.90. The molecule has 1 aliphatic rings. The number of para-hydroxylation sites is 1. The van der Waals surface area contributed by atoms with Crippen molar-refractivity contribution in [3.8, 4) is 5.75 Å². The van der Waals surface area contributed by atoms with E-state index < -0.39 is 17.7 Å². The van der Waals surface area contributed by atoms with Crippen LogP contribution in [0.1, 0.15) is 28.0 Å². The molecule has 1 aliphatic carbocycles. The second-order valence-electron chi connectivity index (χ2n) is 7.09. The van der Waals surface area contributed by atoms with Gasteiger partial charge in [0.25, 0.3) is 5.78 Å². The fraction of sp³-hybridized carbons (Fsp3) is 0.208. The minimum atomic E-state index is -0.895. The molecule has 1 heterocycles. The van der Waals surface area contributed by atoms with Gasteiger partial charge in [-0.15, -0.1) is 0 Å². The van der Waals surface area contributed by atoms with E-state index in [2.05, 4.69) is 0 Å². The van der Waals surface area contributed by atoms with Gasteiger partial charge in [-0.1, -0.05) is 30.3 Å². The van der Waals surface area contributed by atoms with Crippen molar-refractivity contribution < 1.29 is 23.9 Å². The van der Waals surface area contributed by atoms with E-state index in [9.17, 15) is 14.4 Å². The maximum absolute atomic E-state index is 13.3. The third kappa shape index (κ3) is 3.30. The van der Waals surface area contributed by atoms with E-state index in [4.69, 9.17) is 9.47 Å². The molecule has 0 N–H and O–H groups in total. The van der Waals surface area contributed by atoms with Crippen LogP contribution in [0.15, 0.2) is 54.1 Å². The van der Waals surface area contributed by atoms with Gasteiger partial charge in [-0.3, -0.25) is 14.2 Å². The van der Waals surface area contributed by atoms with Crippen molar-refractivity contribution in [2.75, 3.05) is 14.2 Å². The first-order chi connectivity index (χ1) is 14.5. The maximum Gasteiger partial charge on any atom is 0.342 e. The molecular formula is C24H21NO5. The van der Waals surface area contributed by atoms with Crippen LogP contribution < -0.4 is 4.74 Å². The van der Waals surface area contributed by atoms with Gasteiger partial charge >= 0.3 is 11.9 Å². The van der Waals surface area contributed by atoms with Crippen molar-refractivity contribution in [3.05, 3.63) is 70.9 Å². The summed E-state index contributed by atoms with van der Waals surface area (Å²) in [4.78, 5) is 38.8.